The van der Waals surface area contributed by atoms with Crippen LogP contribution in [0.3, 0.4) is 0 Å². The van der Waals surface area contributed by atoms with Gasteiger partial charge in [-0.25, -0.2) is 0 Å². The largest absolute Gasteiger partial charge is 0.494 e. The Morgan fingerprint density at radius 1 is 1.15 bits per heavy atom. The molecule has 2 saturated heterocycles. The molecule has 4 rings (SSSR count). The van der Waals surface area contributed by atoms with Gasteiger partial charge < -0.3 is 9.64 Å². The van der Waals surface area contributed by atoms with E-state index in [1.54, 1.807) is 0 Å². The predicted octanol–water partition coefficient (Wildman–Crippen LogP) is 3.78. The topological polar surface area (TPSA) is 41.6 Å². The molecule has 4 heteroatoms. The molecule has 1 amide bonds. The molecule has 0 bridgehead atoms. The third-order valence-electron chi connectivity index (χ3n) is 5.71. The van der Waals surface area contributed by atoms with Crippen LogP contribution in [-0.2, 0) is 4.79 Å². The lowest BCUT2D eigenvalue weighted by Gasteiger charge is -2.23. The van der Waals surface area contributed by atoms with Gasteiger partial charge in [0.2, 0.25) is 5.91 Å². The molecule has 0 aliphatic carbocycles. The average molecular weight is 350 g/mol. The molecular weight excluding hydrogens is 324 g/mol. The van der Waals surface area contributed by atoms with E-state index in [1.807, 2.05) is 31.0 Å². The van der Waals surface area contributed by atoms with Gasteiger partial charge in [-0.15, -0.1) is 0 Å². The zero-order chi connectivity index (χ0) is 18.1. The molecule has 2 aromatic carbocycles. The third kappa shape index (κ3) is 2.99. The van der Waals surface area contributed by atoms with Crippen LogP contribution in [0.5, 0.6) is 5.75 Å². The van der Waals surface area contributed by atoms with Gasteiger partial charge in [-0.1, -0.05) is 30.3 Å². The molecule has 26 heavy (non-hydrogen) atoms. The number of rotatable bonds is 4. The number of carbonyl (C=O) groups excluding carboxylic acids is 1. The molecule has 0 aromatic heterocycles. The van der Waals surface area contributed by atoms with E-state index in [9.17, 15) is 4.79 Å². The van der Waals surface area contributed by atoms with Crippen LogP contribution in [0.2, 0.25) is 0 Å². The fourth-order valence-electron chi connectivity index (χ4n) is 4.28. The maximum absolute atomic E-state index is 12.5. The van der Waals surface area contributed by atoms with E-state index in [0.29, 0.717) is 6.61 Å². The molecule has 0 radical (unpaired) electrons. The zero-order valence-electron chi connectivity index (χ0n) is 15.5. The number of benzene rings is 2. The molecule has 4 nitrogen and oxygen atoms in total. The molecule has 1 N–H and O–H groups in total. The van der Waals surface area contributed by atoms with Gasteiger partial charge in [0.1, 0.15) is 11.3 Å². The van der Waals surface area contributed by atoms with E-state index in [2.05, 4.69) is 41.7 Å². The number of hydrogen-bond acceptors (Lipinski definition) is 3. The van der Waals surface area contributed by atoms with Crippen molar-refractivity contribution in [2.24, 2.45) is 0 Å². The summed E-state index contributed by atoms with van der Waals surface area (Å²) < 4.78 is 5.63. The highest BCUT2D eigenvalue weighted by molar-refractivity contribution is 5.88. The second-order valence-electron chi connectivity index (χ2n) is 7.38. The summed E-state index contributed by atoms with van der Waals surface area (Å²) in [6, 6.07) is 17.1. The summed E-state index contributed by atoms with van der Waals surface area (Å²) in [5.41, 5.74) is 3.25. The fourth-order valence-corrected chi connectivity index (χ4v) is 4.28. The number of likely N-dealkylation sites (tertiary alicyclic amines) is 1. The molecule has 0 saturated carbocycles. The van der Waals surface area contributed by atoms with E-state index in [-0.39, 0.29) is 17.5 Å². The minimum absolute atomic E-state index is 0.237. The molecule has 1 spiro atoms. The van der Waals surface area contributed by atoms with Gasteiger partial charge in [-0.05, 0) is 61.1 Å². The predicted molar refractivity (Wildman–Crippen MR) is 103 cm³/mol. The van der Waals surface area contributed by atoms with E-state index in [1.165, 1.54) is 11.1 Å². The normalized spacial score (nSPS) is 25.2. The lowest BCUT2D eigenvalue weighted by Crippen LogP contribution is -2.47. The molecule has 2 heterocycles. The second kappa shape index (κ2) is 6.76. The maximum Gasteiger partial charge on any atom is 0.242 e. The molecular formula is C22H26N2O2. The van der Waals surface area contributed by atoms with Crippen molar-refractivity contribution in [1.29, 1.82) is 0 Å². The molecule has 0 unspecified atom stereocenters. The van der Waals surface area contributed by atoms with Gasteiger partial charge in [0.25, 0.3) is 0 Å². The standard InChI is InChI=1S/C22H26N2O2/c1-3-26-19-9-5-7-17(15-19)16-6-4-8-18(14-16)20-10-11-22(23-20)12-13-24(2)21(22)25/h4-9,14-15,20,23H,3,10-13H2,1-2H3/t20-,22+/m1/s1. The van der Waals surface area contributed by atoms with Crippen molar-refractivity contribution in [2.45, 2.75) is 37.8 Å². The molecule has 2 aromatic rings. The lowest BCUT2D eigenvalue weighted by atomic mass is 9.95. The van der Waals surface area contributed by atoms with Crippen LogP contribution in [0, 0.1) is 0 Å². The van der Waals surface area contributed by atoms with Crippen LogP contribution in [0.1, 0.15) is 37.8 Å². The van der Waals surface area contributed by atoms with Crippen molar-refractivity contribution in [1.82, 2.24) is 10.2 Å². The highest BCUT2D eigenvalue weighted by Gasteiger charge is 2.49. The Labute approximate surface area is 155 Å². The number of ether oxygens (including phenoxy) is 1. The quantitative estimate of drug-likeness (QED) is 0.912. The first-order chi connectivity index (χ1) is 12.6. The van der Waals surface area contributed by atoms with Crippen molar-refractivity contribution >= 4 is 5.91 Å². The number of hydrogen-bond donors (Lipinski definition) is 1. The van der Waals surface area contributed by atoms with Crippen molar-refractivity contribution in [3.05, 3.63) is 54.1 Å². The first-order valence-corrected chi connectivity index (χ1v) is 9.48. The smallest absolute Gasteiger partial charge is 0.242 e. The Kier molecular flexibility index (Phi) is 4.45. The van der Waals surface area contributed by atoms with Gasteiger partial charge in [0.05, 0.1) is 6.61 Å². The average Bonchev–Trinajstić information content (AvgIpc) is 3.22. The molecule has 2 fully saturated rings. The number of nitrogens with one attached hydrogen (secondary N) is 1. The molecule has 2 atom stereocenters. The number of carbonyl (C=O) groups is 1. The van der Waals surface area contributed by atoms with Crippen LogP contribution < -0.4 is 10.1 Å². The Bertz CT molecular complexity index is 819. The van der Waals surface area contributed by atoms with Crippen LogP contribution >= 0.6 is 0 Å². The summed E-state index contributed by atoms with van der Waals surface area (Å²) in [7, 11) is 1.90. The van der Waals surface area contributed by atoms with E-state index < -0.39 is 0 Å². The lowest BCUT2D eigenvalue weighted by molar-refractivity contribution is -0.131. The van der Waals surface area contributed by atoms with E-state index in [4.69, 9.17) is 4.74 Å². The SMILES string of the molecule is CCOc1cccc(-c2cccc([C@H]3CC[C@@]4(CCN(C)C4=O)N3)c2)c1. The Hall–Kier alpha value is -2.33. The van der Waals surface area contributed by atoms with E-state index in [0.717, 1.165) is 37.1 Å². The monoisotopic (exact) mass is 350 g/mol. The van der Waals surface area contributed by atoms with Gasteiger partial charge >= 0.3 is 0 Å². The van der Waals surface area contributed by atoms with Crippen molar-refractivity contribution < 1.29 is 9.53 Å². The third-order valence-corrected chi connectivity index (χ3v) is 5.71. The van der Waals surface area contributed by atoms with Gasteiger partial charge in [-0.3, -0.25) is 10.1 Å². The van der Waals surface area contributed by atoms with Crippen molar-refractivity contribution in [3.63, 3.8) is 0 Å². The van der Waals surface area contributed by atoms with Gasteiger partial charge in [-0.2, -0.15) is 0 Å². The Balaban J connectivity index is 1.57. The second-order valence-corrected chi connectivity index (χ2v) is 7.38. The summed E-state index contributed by atoms with van der Waals surface area (Å²) in [6.45, 7) is 3.51. The highest BCUT2D eigenvalue weighted by atomic mass is 16.5. The summed E-state index contributed by atoms with van der Waals surface area (Å²) in [6.07, 6.45) is 2.84. The number of likely N-dealkylation sites (N-methyl/N-ethyl adjacent to an activating group) is 1. The summed E-state index contributed by atoms with van der Waals surface area (Å²) in [4.78, 5) is 14.4. The van der Waals surface area contributed by atoms with Crippen LogP contribution in [0.4, 0.5) is 0 Å². The first-order valence-electron chi connectivity index (χ1n) is 9.48. The van der Waals surface area contributed by atoms with Crippen molar-refractivity contribution in [3.8, 4) is 16.9 Å². The highest BCUT2D eigenvalue weighted by Crippen LogP contribution is 2.39. The van der Waals surface area contributed by atoms with Gasteiger partial charge in [0, 0.05) is 19.6 Å². The minimum atomic E-state index is -0.343. The Morgan fingerprint density at radius 2 is 1.92 bits per heavy atom. The maximum atomic E-state index is 12.5. The summed E-state index contributed by atoms with van der Waals surface area (Å²) >= 11 is 0. The number of amides is 1. The van der Waals surface area contributed by atoms with E-state index >= 15 is 0 Å². The van der Waals surface area contributed by atoms with Crippen LogP contribution in [-0.4, -0.2) is 36.5 Å². The number of nitrogens with zero attached hydrogens (tertiary/aromatic N) is 1. The summed E-state index contributed by atoms with van der Waals surface area (Å²) in [5, 5.41) is 3.66. The fraction of sp³-hybridized carbons (Fsp3) is 0.409. The first kappa shape index (κ1) is 17.1. The van der Waals surface area contributed by atoms with Crippen LogP contribution in [0.15, 0.2) is 48.5 Å². The zero-order valence-corrected chi connectivity index (χ0v) is 15.5. The summed E-state index contributed by atoms with van der Waals surface area (Å²) in [5.74, 6) is 1.15. The van der Waals surface area contributed by atoms with Crippen molar-refractivity contribution in [2.75, 3.05) is 20.2 Å². The molecule has 2 aliphatic heterocycles. The Morgan fingerprint density at radius 3 is 2.65 bits per heavy atom. The van der Waals surface area contributed by atoms with Crippen LogP contribution in [0.25, 0.3) is 11.1 Å². The molecule has 136 valence electrons. The molecule has 2 aliphatic rings. The minimum Gasteiger partial charge on any atom is -0.494 e. The van der Waals surface area contributed by atoms with Gasteiger partial charge in [0.15, 0.2) is 0 Å².